The number of anilines is 2. The van der Waals surface area contributed by atoms with Crippen molar-refractivity contribution in [3.63, 3.8) is 0 Å². The van der Waals surface area contributed by atoms with Crippen molar-refractivity contribution in [1.82, 2.24) is 25.3 Å². The zero-order chi connectivity index (χ0) is 32.8. The van der Waals surface area contributed by atoms with Crippen molar-refractivity contribution in [1.29, 1.82) is 0 Å². The van der Waals surface area contributed by atoms with E-state index in [4.69, 9.17) is 21.3 Å². The summed E-state index contributed by atoms with van der Waals surface area (Å²) in [7, 11) is -3.48. The van der Waals surface area contributed by atoms with Crippen molar-refractivity contribution < 1.29 is 17.5 Å². The van der Waals surface area contributed by atoms with Crippen molar-refractivity contribution in [2.24, 2.45) is 0 Å². The van der Waals surface area contributed by atoms with Crippen LogP contribution in [0.25, 0.3) is 22.2 Å². The Morgan fingerprint density at radius 1 is 1.00 bits per heavy atom. The fourth-order valence-electron chi connectivity index (χ4n) is 4.93. The smallest absolute Gasteiger partial charge is 0.196 e. The number of aromatic nitrogens is 4. The maximum Gasteiger partial charge on any atom is 0.196 e. The van der Waals surface area contributed by atoms with Gasteiger partial charge in [-0.1, -0.05) is 42.8 Å². The van der Waals surface area contributed by atoms with E-state index in [0.717, 1.165) is 33.6 Å². The number of rotatable bonds is 13. The molecule has 2 N–H and O–H groups in total. The van der Waals surface area contributed by atoms with E-state index >= 15 is 0 Å². The molecule has 9 nitrogen and oxygen atoms in total. The van der Waals surface area contributed by atoms with Crippen LogP contribution in [0.1, 0.15) is 30.0 Å². The molecule has 240 valence electrons. The van der Waals surface area contributed by atoms with Crippen LogP contribution in [0.3, 0.4) is 0 Å². The third-order valence-electron chi connectivity index (χ3n) is 7.36. The first-order valence-electron chi connectivity index (χ1n) is 14.8. The number of ether oxygens (including phenoxy) is 1. The minimum Gasteiger partial charge on any atom is -0.487 e. The van der Waals surface area contributed by atoms with Crippen LogP contribution in [-0.2, 0) is 16.4 Å². The second kappa shape index (κ2) is 14.5. The molecule has 0 amide bonds. The molecule has 1 unspecified atom stereocenters. The van der Waals surface area contributed by atoms with Crippen molar-refractivity contribution in [3.05, 3.63) is 118 Å². The highest BCUT2D eigenvalue weighted by Gasteiger charge is 2.19. The summed E-state index contributed by atoms with van der Waals surface area (Å²) in [6.45, 7) is 2.50. The molecule has 1 atom stereocenters. The van der Waals surface area contributed by atoms with Gasteiger partial charge < -0.3 is 15.4 Å². The quantitative estimate of drug-likeness (QED) is 0.125. The molecule has 6 rings (SSSR count). The molecule has 3 heterocycles. The molecule has 13 heteroatoms. The maximum absolute atomic E-state index is 13.5. The first-order valence-corrected chi connectivity index (χ1v) is 17.7. The van der Waals surface area contributed by atoms with Crippen molar-refractivity contribution >= 4 is 55.2 Å². The highest BCUT2D eigenvalue weighted by Crippen LogP contribution is 2.33. The third kappa shape index (κ3) is 7.91. The molecule has 6 aromatic rings. The van der Waals surface area contributed by atoms with Gasteiger partial charge in [0, 0.05) is 34.8 Å². The van der Waals surface area contributed by atoms with Gasteiger partial charge in [0.15, 0.2) is 14.9 Å². The molecule has 0 spiro atoms. The van der Waals surface area contributed by atoms with E-state index in [1.807, 2.05) is 36.6 Å². The van der Waals surface area contributed by atoms with Gasteiger partial charge in [-0.15, -0.1) is 11.3 Å². The van der Waals surface area contributed by atoms with Crippen molar-refractivity contribution in [3.8, 4) is 17.0 Å². The topological polar surface area (TPSA) is 119 Å². The molecule has 0 saturated heterocycles. The molecule has 0 aliphatic rings. The summed E-state index contributed by atoms with van der Waals surface area (Å²) in [5, 5.41) is 10.8. The van der Waals surface area contributed by atoms with E-state index in [1.165, 1.54) is 42.1 Å². The lowest BCUT2D eigenvalue weighted by atomic mass is 10.1. The normalized spacial score (nSPS) is 12.2. The SMILES string of the molecule is CCC(NCCS(=O)(=O)c1ccccn1)c1nc(-c2ccc3ncnc(Nc4ccc(OCc5cccc(F)c5)c(Cl)c4)c3c2)cs1. The van der Waals surface area contributed by atoms with Crippen LogP contribution in [0.15, 0.2) is 102 Å². The van der Waals surface area contributed by atoms with Gasteiger partial charge in [0.05, 0.1) is 28.0 Å². The molecule has 0 radical (unpaired) electrons. The number of hydrogen-bond acceptors (Lipinski definition) is 10. The monoisotopic (exact) mass is 688 g/mol. The number of benzene rings is 3. The van der Waals surface area contributed by atoms with Gasteiger partial charge in [0.2, 0.25) is 0 Å². The molecule has 3 aromatic carbocycles. The summed E-state index contributed by atoms with van der Waals surface area (Å²) in [6, 6.07) is 22.2. The predicted octanol–water partition coefficient (Wildman–Crippen LogP) is 7.78. The van der Waals surface area contributed by atoms with E-state index in [1.54, 1.807) is 36.4 Å². The van der Waals surface area contributed by atoms with Crippen LogP contribution < -0.4 is 15.4 Å². The Kier molecular flexibility index (Phi) is 10.0. The number of sulfone groups is 1. The summed E-state index contributed by atoms with van der Waals surface area (Å²) in [4.78, 5) is 17.8. The van der Waals surface area contributed by atoms with Crippen molar-refractivity contribution in [2.45, 2.75) is 31.0 Å². The van der Waals surface area contributed by atoms with E-state index in [0.29, 0.717) is 27.8 Å². The lowest BCUT2D eigenvalue weighted by Gasteiger charge is -2.14. The van der Waals surface area contributed by atoms with Gasteiger partial charge in [-0.25, -0.2) is 32.7 Å². The van der Waals surface area contributed by atoms with Gasteiger partial charge in [-0.3, -0.25) is 0 Å². The number of nitrogens with zero attached hydrogens (tertiary/aromatic N) is 4. The minimum absolute atomic E-state index is 0.0604. The van der Waals surface area contributed by atoms with Crippen LogP contribution in [-0.4, -0.2) is 40.7 Å². The second-order valence-electron chi connectivity index (χ2n) is 10.6. The number of nitrogens with one attached hydrogen (secondary N) is 2. The highest BCUT2D eigenvalue weighted by atomic mass is 35.5. The molecule has 0 aliphatic heterocycles. The number of hydrogen-bond donors (Lipinski definition) is 2. The summed E-state index contributed by atoms with van der Waals surface area (Å²) >= 11 is 8.04. The Balaban J connectivity index is 1.14. The Morgan fingerprint density at radius 2 is 1.89 bits per heavy atom. The molecule has 3 aromatic heterocycles. The van der Waals surface area contributed by atoms with Crippen LogP contribution in [0.4, 0.5) is 15.9 Å². The highest BCUT2D eigenvalue weighted by molar-refractivity contribution is 7.91. The molecule has 0 fully saturated rings. The van der Waals surface area contributed by atoms with Gasteiger partial charge in [0.1, 0.15) is 35.3 Å². The van der Waals surface area contributed by atoms with Crippen LogP contribution in [0.2, 0.25) is 5.02 Å². The molecule has 47 heavy (non-hydrogen) atoms. The zero-order valence-electron chi connectivity index (χ0n) is 25.2. The van der Waals surface area contributed by atoms with Gasteiger partial charge in [-0.05, 0) is 66.6 Å². The number of fused-ring (bicyclic) bond motifs is 1. The summed E-state index contributed by atoms with van der Waals surface area (Å²) in [6.07, 6.45) is 3.72. The van der Waals surface area contributed by atoms with E-state index in [9.17, 15) is 12.8 Å². The average molecular weight is 689 g/mol. The molecule has 0 saturated carbocycles. The molecular formula is C34H30ClFN6O3S2. The number of halogens is 2. The number of thiazole rings is 1. The van der Waals surface area contributed by atoms with Crippen LogP contribution in [0, 0.1) is 5.82 Å². The Bertz CT molecular complexity index is 2110. The first kappa shape index (κ1) is 32.5. The van der Waals surface area contributed by atoms with E-state index in [2.05, 4.69) is 25.6 Å². The zero-order valence-corrected chi connectivity index (χ0v) is 27.6. The fraction of sp³-hybridized carbons (Fsp3) is 0.176. The third-order valence-corrected chi connectivity index (χ3v) is 10.2. The van der Waals surface area contributed by atoms with Crippen LogP contribution in [0.5, 0.6) is 5.75 Å². The first-order chi connectivity index (χ1) is 22.8. The second-order valence-corrected chi connectivity index (χ2v) is 14.0. The molecule has 0 bridgehead atoms. The van der Waals surface area contributed by atoms with E-state index < -0.39 is 9.84 Å². The standard InChI is InChI=1S/C34H30ClFN6O3S2/c1-2-28(37-14-15-47(43,44)32-8-3-4-13-38-32)34-42-30(20-46-34)23-9-11-29-26(17-23)33(40-21-39-29)41-25-10-12-31(27(35)18-25)45-19-22-6-5-7-24(36)16-22/h3-13,16-18,20-21,28,37H,2,14-15,19H2,1H3,(H,39,40,41). The minimum atomic E-state index is -3.48. The summed E-state index contributed by atoms with van der Waals surface area (Å²) in [5.74, 6) is 0.691. The maximum atomic E-state index is 13.5. The molecule has 0 aliphatic carbocycles. The Morgan fingerprint density at radius 3 is 2.68 bits per heavy atom. The van der Waals surface area contributed by atoms with Gasteiger partial charge >= 0.3 is 0 Å². The van der Waals surface area contributed by atoms with Gasteiger partial charge in [0.25, 0.3) is 0 Å². The summed E-state index contributed by atoms with van der Waals surface area (Å²) < 4.78 is 44.6. The number of pyridine rings is 1. The lowest BCUT2D eigenvalue weighted by molar-refractivity contribution is 0.306. The van der Waals surface area contributed by atoms with Gasteiger partial charge in [-0.2, -0.15) is 0 Å². The van der Waals surface area contributed by atoms with Crippen molar-refractivity contribution in [2.75, 3.05) is 17.6 Å². The Hall–Kier alpha value is -4.49. The largest absolute Gasteiger partial charge is 0.487 e. The van der Waals surface area contributed by atoms with Crippen LogP contribution >= 0.6 is 22.9 Å². The predicted molar refractivity (Wildman–Crippen MR) is 183 cm³/mol. The summed E-state index contributed by atoms with van der Waals surface area (Å²) in [5.41, 5.74) is 3.85. The molecular weight excluding hydrogens is 659 g/mol. The lowest BCUT2D eigenvalue weighted by Crippen LogP contribution is -2.27. The Labute approximate surface area is 280 Å². The fourth-order valence-corrected chi connectivity index (χ4v) is 7.25. The average Bonchev–Trinajstić information content (AvgIpc) is 3.57. The van der Waals surface area contributed by atoms with E-state index in [-0.39, 0.29) is 35.8 Å².